The van der Waals surface area contributed by atoms with Gasteiger partial charge in [-0.2, -0.15) is 0 Å². The van der Waals surface area contributed by atoms with Crippen LogP contribution in [0.1, 0.15) is 40.4 Å². The first-order valence-corrected chi connectivity index (χ1v) is 8.28. The molecule has 25 heavy (non-hydrogen) atoms. The van der Waals surface area contributed by atoms with Gasteiger partial charge in [-0.05, 0) is 55.7 Å². The molecule has 0 aliphatic heterocycles. The van der Waals surface area contributed by atoms with Crippen molar-refractivity contribution in [2.75, 3.05) is 5.32 Å². The number of hydrogen-bond acceptors (Lipinski definition) is 3. The molecule has 2 aromatic carbocycles. The van der Waals surface area contributed by atoms with Crippen LogP contribution in [0.5, 0.6) is 0 Å². The van der Waals surface area contributed by atoms with Crippen molar-refractivity contribution in [3.8, 4) is 0 Å². The predicted molar refractivity (Wildman–Crippen MR) is 98.9 cm³/mol. The van der Waals surface area contributed by atoms with Gasteiger partial charge in [-0.15, -0.1) is 0 Å². The molecular formula is C20H24N2O3. The van der Waals surface area contributed by atoms with Gasteiger partial charge in [0.05, 0.1) is 5.56 Å². The number of rotatable bonds is 7. The Kier molecular flexibility index (Phi) is 6.31. The van der Waals surface area contributed by atoms with Crippen molar-refractivity contribution < 1.29 is 14.7 Å². The molecule has 0 bridgehead atoms. The lowest BCUT2D eigenvalue weighted by atomic mass is 10.1. The van der Waals surface area contributed by atoms with Gasteiger partial charge < -0.3 is 15.7 Å². The molecule has 2 aromatic rings. The van der Waals surface area contributed by atoms with E-state index in [1.807, 2.05) is 39.0 Å². The second-order valence-corrected chi connectivity index (χ2v) is 6.28. The zero-order valence-electron chi connectivity index (χ0n) is 14.8. The Morgan fingerprint density at radius 3 is 2.40 bits per heavy atom. The standard InChI is InChI=1S/C20H24N2O3/c1-13-5-4-6-18(15(13)3)22-19(23)11-14(2)21-12-16-7-9-17(10-8-16)20(24)25/h4-10,14,21H,11-12H2,1-3H3,(H,22,23)(H,24,25). The van der Waals surface area contributed by atoms with Crippen LogP contribution in [0, 0.1) is 13.8 Å². The fourth-order valence-electron chi connectivity index (χ4n) is 2.50. The number of anilines is 1. The Bertz CT molecular complexity index is 754. The highest BCUT2D eigenvalue weighted by Crippen LogP contribution is 2.18. The van der Waals surface area contributed by atoms with E-state index < -0.39 is 5.97 Å². The number of aryl methyl sites for hydroxylation is 1. The second kappa shape index (κ2) is 8.44. The number of benzene rings is 2. The van der Waals surface area contributed by atoms with Gasteiger partial charge >= 0.3 is 5.97 Å². The van der Waals surface area contributed by atoms with Gasteiger partial charge in [0.2, 0.25) is 5.91 Å². The zero-order chi connectivity index (χ0) is 18.4. The quantitative estimate of drug-likeness (QED) is 0.721. The fraction of sp³-hybridized carbons (Fsp3) is 0.300. The maximum atomic E-state index is 12.2. The molecule has 5 nitrogen and oxygen atoms in total. The molecule has 2 rings (SSSR count). The molecular weight excluding hydrogens is 316 g/mol. The van der Waals surface area contributed by atoms with Crippen molar-refractivity contribution in [2.24, 2.45) is 0 Å². The molecule has 0 spiro atoms. The van der Waals surface area contributed by atoms with E-state index in [2.05, 4.69) is 10.6 Å². The first kappa shape index (κ1) is 18.7. The number of amides is 1. The van der Waals surface area contributed by atoms with E-state index in [9.17, 15) is 9.59 Å². The number of aromatic carboxylic acids is 1. The third-order valence-corrected chi connectivity index (χ3v) is 4.23. The Hall–Kier alpha value is -2.66. The van der Waals surface area contributed by atoms with Crippen molar-refractivity contribution in [1.82, 2.24) is 5.32 Å². The molecule has 3 N–H and O–H groups in total. The van der Waals surface area contributed by atoms with Crippen molar-refractivity contribution >= 4 is 17.6 Å². The maximum Gasteiger partial charge on any atom is 0.335 e. The third kappa shape index (κ3) is 5.43. The molecule has 1 amide bonds. The number of carboxylic acid groups (broad SMARTS) is 1. The lowest BCUT2D eigenvalue weighted by molar-refractivity contribution is -0.116. The molecule has 0 saturated heterocycles. The van der Waals surface area contributed by atoms with Crippen LogP contribution < -0.4 is 10.6 Å². The summed E-state index contributed by atoms with van der Waals surface area (Å²) in [6.07, 6.45) is 0.362. The van der Waals surface area contributed by atoms with Crippen molar-refractivity contribution in [2.45, 2.75) is 39.8 Å². The number of carbonyl (C=O) groups excluding carboxylic acids is 1. The minimum absolute atomic E-state index is 0.00395. The first-order chi connectivity index (χ1) is 11.9. The highest BCUT2D eigenvalue weighted by molar-refractivity contribution is 5.92. The molecule has 0 radical (unpaired) electrons. The molecule has 0 aliphatic rings. The summed E-state index contributed by atoms with van der Waals surface area (Å²) in [4.78, 5) is 23.0. The van der Waals surface area contributed by atoms with E-state index >= 15 is 0 Å². The highest BCUT2D eigenvalue weighted by Gasteiger charge is 2.11. The molecule has 0 aromatic heterocycles. The Labute approximate surface area is 148 Å². The molecule has 0 aliphatic carbocycles. The largest absolute Gasteiger partial charge is 0.478 e. The molecule has 5 heteroatoms. The number of nitrogens with one attached hydrogen (secondary N) is 2. The van der Waals surface area contributed by atoms with E-state index in [4.69, 9.17) is 5.11 Å². The van der Waals surface area contributed by atoms with Gasteiger partial charge in [-0.3, -0.25) is 4.79 Å². The van der Waals surface area contributed by atoms with E-state index in [1.165, 1.54) is 0 Å². The summed E-state index contributed by atoms with van der Waals surface area (Å²) in [5.74, 6) is -0.967. The summed E-state index contributed by atoms with van der Waals surface area (Å²) >= 11 is 0. The van der Waals surface area contributed by atoms with Crippen molar-refractivity contribution in [3.05, 3.63) is 64.7 Å². The Balaban J connectivity index is 1.83. The number of carbonyl (C=O) groups is 2. The van der Waals surface area contributed by atoms with Gasteiger partial charge in [0.1, 0.15) is 0 Å². The van der Waals surface area contributed by atoms with Gasteiger partial charge in [0, 0.05) is 24.7 Å². The van der Waals surface area contributed by atoms with Crippen LogP contribution in [0.4, 0.5) is 5.69 Å². The summed E-state index contributed by atoms with van der Waals surface area (Å²) in [7, 11) is 0. The van der Waals surface area contributed by atoms with Gasteiger partial charge in [-0.25, -0.2) is 4.79 Å². The van der Waals surface area contributed by atoms with E-state index in [0.29, 0.717) is 13.0 Å². The lowest BCUT2D eigenvalue weighted by Crippen LogP contribution is -2.30. The average Bonchev–Trinajstić information content (AvgIpc) is 2.57. The van der Waals surface area contributed by atoms with Gasteiger partial charge in [0.15, 0.2) is 0 Å². The highest BCUT2D eigenvalue weighted by atomic mass is 16.4. The summed E-state index contributed by atoms with van der Waals surface area (Å²) in [5, 5.41) is 15.1. The molecule has 0 saturated carbocycles. The Morgan fingerprint density at radius 1 is 1.08 bits per heavy atom. The van der Waals surface area contributed by atoms with Gasteiger partial charge in [-0.1, -0.05) is 24.3 Å². The zero-order valence-corrected chi connectivity index (χ0v) is 14.8. The number of hydrogen-bond donors (Lipinski definition) is 3. The monoisotopic (exact) mass is 340 g/mol. The van der Waals surface area contributed by atoms with Gasteiger partial charge in [0.25, 0.3) is 0 Å². The van der Waals surface area contributed by atoms with Crippen LogP contribution in [0.3, 0.4) is 0 Å². The van der Waals surface area contributed by atoms with Crippen LogP contribution in [0.25, 0.3) is 0 Å². The molecule has 132 valence electrons. The lowest BCUT2D eigenvalue weighted by Gasteiger charge is -2.15. The van der Waals surface area contributed by atoms with E-state index in [0.717, 1.165) is 22.4 Å². The van der Waals surface area contributed by atoms with Crippen LogP contribution in [0.15, 0.2) is 42.5 Å². The maximum absolute atomic E-state index is 12.2. The fourth-order valence-corrected chi connectivity index (χ4v) is 2.50. The van der Waals surface area contributed by atoms with Crippen LogP contribution in [-0.2, 0) is 11.3 Å². The van der Waals surface area contributed by atoms with Crippen LogP contribution in [0.2, 0.25) is 0 Å². The van der Waals surface area contributed by atoms with Crippen LogP contribution in [-0.4, -0.2) is 23.0 Å². The molecule has 1 unspecified atom stereocenters. The Morgan fingerprint density at radius 2 is 1.76 bits per heavy atom. The summed E-state index contributed by atoms with van der Waals surface area (Å²) in [6, 6.07) is 12.6. The van der Waals surface area contributed by atoms with E-state index in [-0.39, 0.29) is 17.5 Å². The van der Waals surface area contributed by atoms with Crippen LogP contribution >= 0.6 is 0 Å². The summed E-state index contributed by atoms with van der Waals surface area (Å²) in [6.45, 7) is 6.55. The summed E-state index contributed by atoms with van der Waals surface area (Å²) < 4.78 is 0. The van der Waals surface area contributed by atoms with Crippen molar-refractivity contribution in [3.63, 3.8) is 0 Å². The average molecular weight is 340 g/mol. The first-order valence-electron chi connectivity index (χ1n) is 8.28. The minimum atomic E-state index is -0.934. The second-order valence-electron chi connectivity index (χ2n) is 6.28. The predicted octanol–water partition coefficient (Wildman–Crippen LogP) is 3.51. The normalized spacial score (nSPS) is 11.8. The van der Waals surface area contributed by atoms with Crippen molar-refractivity contribution in [1.29, 1.82) is 0 Å². The molecule has 0 fully saturated rings. The SMILES string of the molecule is Cc1cccc(NC(=O)CC(C)NCc2ccc(C(=O)O)cc2)c1C. The summed E-state index contributed by atoms with van der Waals surface area (Å²) in [5.41, 5.74) is 4.32. The molecule has 1 atom stereocenters. The minimum Gasteiger partial charge on any atom is -0.478 e. The third-order valence-electron chi connectivity index (χ3n) is 4.23. The molecule has 0 heterocycles. The number of carboxylic acids is 1. The topological polar surface area (TPSA) is 78.4 Å². The van der Waals surface area contributed by atoms with E-state index in [1.54, 1.807) is 24.3 Å². The smallest absolute Gasteiger partial charge is 0.335 e.